The van der Waals surface area contributed by atoms with Crippen molar-refractivity contribution in [3.63, 3.8) is 0 Å². The van der Waals surface area contributed by atoms with E-state index < -0.39 is 0 Å². The van der Waals surface area contributed by atoms with E-state index in [0.717, 1.165) is 17.9 Å². The second-order valence-corrected chi connectivity index (χ2v) is 3.48. The highest BCUT2D eigenvalue weighted by Crippen LogP contribution is 2.03. The molecule has 0 heterocycles. The van der Waals surface area contributed by atoms with Crippen LogP contribution in [0.2, 0.25) is 0 Å². The average Bonchev–Trinajstić information content (AvgIpc) is 2.02. The molecule has 4 heteroatoms. The predicted octanol–water partition coefficient (Wildman–Crippen LogP) is 1.77. The molecule has 0 fully saturated rings. The van der Waals surface area contributed by atoms with E-state index in [9.17, 15) is 4.79 Å². The van der Waals surface area contributed by atoms with Gasteiger partial charge in [0.25, 0.3) is 0 Å². The lowest BCUT2D eigenvalue weighted by Crippen LogP contribution is -2.09. The lowest BCUT2D eigenvalue weighted by Gasteiger charge is -1.95. The maximum atomic E-state index is 10.3. The van der Waals surface area contributed by atoms with Crippen molar-refractivity contribution in [2.24, 2.45) is 5.73 Å². The zero-order chi connectivity index (χ0) is 11.4. The molecule has 0 aromatic heterocycles. The molecule has 0 saturated carbocycles. The third-order valence-electron chi connectivity index (χ3n) is 1.53. The molecule has 0 unspecified atom stereocenters. The van der Waals surface area contributed by atoms with Crippen molar-refractivity contribution in [3.8, 4) is 0 Å². The van der Waals surface area contributed by atoms with Crippen molar-refractivity contribution in [1.82, 2.24) is 5.06 Å². The van der Waals surface area contributed by atoms with E-state index in [2.05, 4.69) is 6.92 Å². The van der Waals surface area contributed by atoms with Crippen LogP contribution >= 0.6 is 0 Å². The molecule has 1 amide bonds. The summed E-state index contributed by atoms with van der Waals surface area (Å²) in [6.07, 6.45) is 6.44. The molecule has 0 aromatic rings. The van der Waals surface area contributed by atoms with Gasteiger partial charge >= 0.3 is 0 Å². The molecule has 0 atom stereocenters. The van der Waals surface area contributed by atoms with E-state index >= 15 is 0 Å². The van der Waals surface area contributed by atoms with Gasteiger partial charge in [0.2, 0.25) is 5.91 Å². The average molecular weight is 204 g/mol. The zero-order valence-corrected chi connectivity index (χ0v) is 9.62. The molecule has 0 aliphatic heterocycles. The lowest BCUT2D eigenvalue weighted by molar-refractivity contribution is -0.118. The third kappa shape index (κ3) is 30.1. The van der Waals surface area contributed by atoms with E-state index in [1.807, 2.05) is 0 Å². The molecule has 14 heavy (non-hydrogen) atoms. The Labute approximate surface area is 87.0 Å². The normalized spacial score (nSPS) is 9.50. The minimum atomic E-state index is -0.170. The van der Waals surface area contributed by atoms with Gasteiger partial charge in [0.15, 0.2) is 0 Å². The third-order valence-corrected chi connectivity index (χ3v) is 1.53. The van der Waals surface area contributed by atoms with E-state index in [-0.39, 0.29) is 5.91 Å². The van der Waals surface area contributed by atoms with Gasteiger partial charge in [-0.25, -0.2) is 0 Å². The molecule has 0 aromatic carbocycles. The molecular formula is C10H24N2O2. The van der Waals surface area contributed by atoms with Gasteiger partial charge < -0.3 is 10.9 Å². The molecule has 0 radical (unpaired) electrons. The monoisotopic (exact) mass is 204 g/mol. The SMILES string of the molecule is CCCCCCCC(N)=O.CN(C)O. The fourth-order valence-corrected chi connectivity index (χ4v) is 0.903. The number of nitrogens with two attached hydrogens (primary N) is 1. The standard InChI is InChI=1S/C8H17NO.C2H7NO/c1-2-3-4-5-6-7-8(9)10;1-3(2)4/h2-7H2,1H3,(H2,9,10);4H,1-2H3. The van der Waals surface area contributed by atoms with Gasteiger partial charge in [0.05, 0.1) is 0 Å². The van der Waals surface area contributed by atoms with Crippen molar-refractivity contribution >= 4 is 5.91 Å². The molecule has 4 nitrogen and oxygen atoms in total. The van der Waals surface area contributed by atoms with Crippen LogP contribution in [0.1, 0.15) is 45.4 Å². The number of rotatable bonds is 6. The first-order valence-corrected chi connectivity index (χ1v) is 5.15. The van der Waals surface area contributed by atoms with Crippen molar-refractivity contribution < 1.29 is 10.0 Å². The van der Waals surface area contributed by atoms with Crippen molar-refractivity contribution in [2.45, 2.75) is 45.4 Å². The van der Waals surface area contributed by atoms with Crippen LogP contribution in [0.15, 0.2) is 0 Å². The topological polar surface area (TPSA) is 66.6 Å². The minimum absolute atomic E-state index is 0.170. The highest BCUT2D eigenvalue weighted by atomic mass is 16.5. The number of carbonyl (C=O) groups is 1. The lowest BCUT2D eigenvalue weighted by atomic mass is 10.1. The van der Waals surface area contributed by atoms with Gasteiger partial charge in [-0.1, -0.05) is 32.6 Å². The second kappa shape index (κ2) is 12.4. The number of amides is 1. The molecule has 0 spiro atoms. The van der Waals surface area contributed by atoms with E-state index in [1.165, 1.54) is 19.3 Å². The van der Waals surface area contributed by atoms with Gasteiger partial charge in [-0.2, -0.15) is 5.06 Å². The van der Waals surface area contributed by atoms with Gasteiger partial charge in [-0.3, -0.25) is 4.79 Å². The van der Waals surface area contributed by atoms with Crippen molar-refractivity contribution in [1.29, 1.82) is 0 Å². The van der Waals surface area contributed by atoms with Gasteiger partial charge in [-0.15, -0.1) is 0 Å². The number of hydroxylamine groups is 2. The highest BCUT2D eigenvalue weighted by Gasteiger charge is 1.92. The summed E-state index contributed by atoms with van der Waals surface area (Å²) in [4.78, 5) is 10.3. The quantitative estimate of drug-likeness (QED) is 0.512. The summed E-state index contributed by atoms with van der Waals surface area (Å²) >= 11 is 0. The fourth-order valence-electron chi connectivity index (χ4n) is 0.903. The maximum absolute atomic E-state index is 10.3. The Morgan fingerprint density at radius 1 is 1.21 bits per heavy atom. The van der Waals surface area contributed by atoms with E-state index in [4.69, 9.17) is 10.9 Å². The number of unbranched alkanes of at least 4 members (excludes halogenated alkanes) is 4. The predicted molar refractivity (Wildman–Crippen MR) is 58.0 cm³/mol. The van der Waals surface area contributed by atoms with Crippen LogP contribution in [-0.2, 0) is 4.79 Å². The first-order valence-electron chi connectivity index (χ1n) is 5.15. The maximum Gasteiger partial charge on any atom is 0.217 e. The molecule has 0 rings (SSSR count). The first-order chi connectivity index (χ1) is 6.50. The van der Waals surface area contributed by atoms with Crippen LogP contribution < -0.4 is 5.73 Å². The Bertz CT molecular complexity index is 125. The van der Waals surface area contributed by atoms with Crippen molar-refractivity contribution in [3.05, 3.63) is 0 Å². The van der Waals surface area contributed by atoms with Crippen LogP contribution in [-0.4, -0.2) is 30.3 Å². The molecule has 0 aliphatic rings. The van der Waals surface area contributed by atoms with Crippen LogP contribution in [0, 0.1) is 0 Å². The summed E-state index contributed by atoms with van der Waals surface area (Å²) in [6, 6.07) is 0. The Balaban J connectivity index is 0. The van der Waals surface area contributed by atoms with Crippen LogP contribution in [0.3, 0.4) is 0 Å². The van der Waals surface area contributed by atoms with Crippen LogP contribution in [0.5, 0.6) is 0 Å². The Morgan fingerprint density at radius 3 is 2.00 bits per heavy atom. The van der Waals surface area contributed by atoms with E-state index in [0.29, 0.717) is 6.42 Å². The summed E-state index contributed by atoms with van der Waals surface area (Å²) < 4.78 is 0. The van der Waals surface area contributed by atoms with Gasteiger partial charge in [-0.05, 0) is 6.42 Å². The summed E-state index contributed by atoms with van der Waals surface area (Å²) in [6.45, 7) is 2.17. The van der Waals surface area contributed by atoms with Crippen LogP contribution in [0.25, 0.3) is 0 Å². The second-order valence-electron chi connectivity index (χ2n) is 3.48. The molecule has 86 valence electrons. The molecule has 0 saturated heterocycles. The number of carbonyl (C=O) groups excluding carboxylic acids is 1. The van der Waals surface area contributed by atoms with Crippen molar-refractivity contribution in [2.75, 3.05) is 14.1 Å². The molecule has 0 aliphatic carbocycles. The number of hydrogen-bond donors (Lipinski definition) is 2. The molecular weight excluding hydrogens is 180 g/mol. The smallest absolute Gasteiger partial charge is 0.217 e. The minimum Gasteiger partial charge on any atom is -0.370 e. The number of primary amides is 1. The Morgan fingerprint density at radius 2 is 1.64 bits per heavy atom. The molecule has 0 bridgehead atoms. The summed E-state index contributed by atoms with van der Waals surface area (Å²) in [7, 11) is 3.11. The highest BCUT2D eigenvalue weighted by molar-refractivity contribution is 5.73. The van der Waals surface area contributed by atoms with Gasteiger partial charge in [0.1, 0.15) is 0 Å². The summed E-state index contributed by atoms with van der Waals surface area (Å²) in [5, 5.41) is 8.89. The fraction of sp³-hybridized carbons (Fsp3) is 0.900. The summed E-state index contributed by atoms with van der Waals surface area (Å²) in [5.74, 6) is -0.170. The van der Waals surface area contributed by atoms with Crippen LogP contribution in [0.4, 0.5) is 0 Å². The number of nitrogens with zero attached hydrogens (tertiary/aromatic N) is 1. The Kier molecular flexibility index (Phi) is 14.0. The zero-order valence-electron chi connectivity index (χ0n) is 9.62. The summed E-state index contributed by atoms with van der Waals surface area (Å²) in [5.41, 5.74) is 4.97. The largest absolute Gasteiger partial charge is 0.370 e. The Hall–Kier alpha value is -0.610. The first kappa shape index (κ1) is 15.8. The van der Waals surface area contributed by atoms with E-state index in [1.54, 1.807) is 14.1 Å². The van der Waals surface area contributed by atoms with Gasteiger partial charge in [0, 0.05) is 20.5 Å². The number of hydrogen-bond acceptors (Lipinski definition) is 3. The molecule has 3 N–H and O–H groups in total.